The predicted octanol–water partition coefficient (Wildman–Crippen LogP) is 1.67. The molecule has 102 valence electrons. The summed E-state index contributed by atoms with van der Waals surface area (Å²) >= 11 is 0. The molecule has 0 unspecified atom stereocenters. The fourth-order valence-corrected chi connectivity index (χ4v) is 2.05. The number of nitrogens with one attached hydrogen (secondary N) is 2. The molecular weight excluding hydrogens is 240 g/mol. The van der Waals surface area contributed by atoms with E-state index in [1.54, 1.807) is 0 Å². The van der Waals surface area contributed by atoms with Gasteiger partial charge in [-0.3, -0.25) is 4.79 Å². The van der Waals surface area contributed by atoms with Gasteiger partial charge in [0.2, 0.25) is 5.91 Å². The number of carbonyl (C=O) groups excluding carboxylic acids is 1. The molecule has 5 heteroatoms. The van der Waals surface area contributed by atoms with Gasteiger partial charge in [0.05, 0.1) is 5.69 Å². The third kappa shape index (κ3) is 4.35. The zero-order valence-corrected chi connectivity index (χ0v) is 11.2. The molecule has 0 bridgehead atoms. The van der Waals surface area contributed by atoms with E-state index in [9.17, 15) is 4.79 Å². The van der Waals surface area contributed by atoms with Gasteiger partial charge in [-0.1, -0.05) is 12.2 Å². The van der Waals surface area contributed by atoms with Gasteiger partial charge < -0.3 is 10.6 Å². The van der Waals surface area contributed by atoms with Crippen molar-refractivity contribution < 1.29 is 4.79 Å². The van der Waals surface area contributed by atoms with Gasteiger partial charge in [0.15, 0.2) is 0 Å². The maximum atomic E-state index is 11.9. The molecule has 1 heterocycles. The Morgan fingerprint density at radius 1 is 1.32 bits per heavy atom. The minimum Gasteiger partial charge on any atom is -0.367 e. The Hall–Kier alpha value is -1.91. The lowest BCUT2D eigenvalue weighted by Crippen LogP contribution is -2.34. The molecule has 1 aromatic rings. The Morgan fingerprint density at radius 2 is 2.21 bits per heavy atom. The molecule has 2 N–H and O–H groups in total. The number of rotatable bonds is 5. The highest BCUT2D eigenvalue weighted by Gasteiger charge is 2.17. The molecule has 1 amide bonds. The van der Waals surface area contributed by atoms with Gasteiger partial charge in [-0.25, -0.2) is 0 Å². The van der Waals surface area contributed by atoms with E-state index in [1.165, 1.54) is 0 Å². The zero-order chi connectivity index (χ0) is 13.5. The van der Waals surface area contributed by atoms with Crippen molar-refractivity contribution in [1.82, 2.24) is 15.5 Å². The van der Waals surface area contributed by atoms with Crippen LogP contribution in [0, 0.1) is 12.8 Å². The highest BCUT2D eigenvalue weighted by atomic mass is 16.1. The molecule has 0 spiro atoms. The van der Waals surface area contributed by atoms with Crippen LogP contribution in [0.4, 0.5) is 5.82 Å². The van der Waals surface area contributed by atoms with Crippen LogP contribution in [0.15, 0.2) is 24.3 Å². The number of amides is 1. The van der Waals surface area contributed by atoms with Crippen molar-refractivity contribution in [3.8, 4) is 0 Å². The van der Waals surface area contributed by atoms with Crippen LogP contribution in [0.25, 0.3) is 0 Å². The molecule has 5 nitrogen and oxygen atoms in total. The van der Waals surface area contributed by atoms with Crippen molar-refractivity contribution in [1.29, 1.82) is 0 Å². The lowest BCUT2D eigenvalue weighted by atomic mass is 9.94. The first-order chi connectivity index (χ1) is 9.25. The van der Waals surface area contributed by atoms with Crippen molar-refractivity contribution in [2.24, 2.45) is 5.92 Å². The SMILES string of the molecule is Cc1ccc(NCCNC(=O)[C@H]2CC=CCC2)nn1. The van der Waals surface area contributed by atoms with E-state index in [4.69, 9.17) is 0 Å². The second kappa shape index (κ2) is 6.87. The van der Waals surface area contributed by atoms with Crippen LogP contribution in [0.1, 0.15) is 25.0 Å². The van der Waals surface area contributed by atoms with E-state index < -0.39 is 0 Å². The van der Waals surface area contributed by atoms with Crippen molar-refractivity contribution in [2.45, 2.75) is 26.2 Å². The molecule has 1 aliphatic carbocycles. The van der Waals surface area contributed by atoms with Crippen LogP contribution >= 0.6 is 0 Å². The molecule has 1 aromatic heterocycles. The first-order valence-corrected chi connectivity index (χ1v) is 6.72. The van der Waals surface area contributed by atoms with Gasteiger partial charge in [0.25, 0.3) is 0 Å². The second-order valence-electron chi connectivity index (χ2n) is 4.76. The Kier molecular flexibility index (Phi) is 4.89. The zero-order valence-electron chi connectivity index (χ0n) is 11.2. The summed E-state index contributed by atoms with van der Waals surface area (Å²) in [5.41, 5.74) is 0.893. The topological polar surface area (TPSA) is 66.9 Å². The molecule has 0 saturated carbocycles. The molecule has 0 radical (unpaired) electrons. The molecule has 2 rings (SSSR count). The number of allylic oxidation sites excluding steroid dienone is 2. The molecule has 0 aromatic carbocycles. The van der Waals surface area contributed by atoms with Crippen LogP contribution in [0.3, 0.4) is 0 Å². The maximum Gasteiger partial charge on any atom is 0.223 e. The Morgan fingerprint density at radius 3 is 2.89 bits per heavy atom. The van der Waals surface area contributed by atoms with E-state index in [1.807, 2.05) is 19.1 Å². The van der Waals surface area contributed by atoms with E-state index in [0.717, 1.165) is 30.8 Å². The number of carbonyl (C=O) groups is 1. The number of aryl methyl sites for hydroxylation is 1. The van der Waals surface area contributed by atoms with Crippen LogP contribution in [0.5, 0.6) is 0 Å². The summed E-state index contributed by atoms with van der Waals surface area (Å²) in [4.78, 5) is 11.9. The minimum absolute atomic E-state index is 0.143. The summed E-state index contributed by atoms with van der Waals surface area (Å²) in [7, 11) is 0. The van der Waals surface area contributed by atoms with Crippen LogP contribution in [-0.2, 0) is 4.79 Å². The normalized spacial score (nSPS) is 18.1. The van der Waals surface area contributed by atoms with E-state index in [0.29, 0.717) is 13.1 Å². The fraction of sp³-hybridized carbons (Fsp3) is 0.500. The quantitative estimate of drug-likeness (QED) is 0.624. The number of aromatic nitrogens is 2. The summed E-state index contributed by atoms with van der Waals surface area (Å²) in [6.45, 7) is 3.16. The van der Waals surface area contributed by atoms with Gasteiger partial charge in [0.1, 0.15) is 5.82 Å². The summed E-state index contributed by atoms with van der Waals surface area (Å²) in [6.07, 6.45) is 7.06. The summed E-state index contributed by atoms with van der Waals surface area (Å²) < 4.78 is 0. The van der Waals surface area contributed by atoms with Crippen molar-refractivity contribution in [3.63, 3.8) is 0 Å². The third-order valence-electron chi connectivity index (χ3n) is 3.17. The Bertz CT molecular complexity index is 441. The first kappa shape index (κ1) is 13.5. The highest BCUT2D eigenvalue weighted by molar-refractivity contribution is 5.78. The van der Waals surface area contributed by atoms with Crippen LogP contribution in [-0.4, -0.2) is 29.2 Å². The fourth-order valence-electron chi connectivity index (χ4n) is 2.05. The van der Waals surface area contributed by atoms with Crippen molar-refractivity contribution in [2.75, 3.05) is 18.4 Å². The minimum atomic E-state index is 0.143. The van der Waals surface area contributed by atoms with Gasteiger partial charge in [0, 0.05) is 19.0 Å². The monoisotopic (exact) mass is 260 g/mol. The van der Waals surface area contributed by atoms with E-state index in [-0.39, 0.29) is 11.8 Å². The van der Waals surface area contributed by atoms with Gasteiger partial charge in [-0.15, -0.1) is 5.10 Å². The number of hydrogen-bond acceptors (Lipinski definition) is 4. The van der Waals surface area contributed by atoms with Crippen LogP contribution < -0.4 is 10.6 Å². The lowest BCUT2D eigenvalue weighted by Gasteiger charge is -2.17. The molecule has 19 heavy (non-hydrogen) atoms. The average molecular weight is 260 g/mol. The second-order valence-corrected chi connectivity index (χ2v) is 4.76. The smallest absolute Gasteiger partial charge is 0.223 e. The van der Waals surface area contributed by atoms with Gasteiger partial charge in [-0.2, -0.15) is 5.10 Å². The number of hydrogen-bond donors (Lipinski definition) is 2. The van der Waals surface area contributed by atoms with Gasteiger partial charge in [-0.05, 0) is 38.3 Å². The molecule has 0 aliphatic heterocycles. The van der Waals surface area contributed by atoms with Crippen LogP contribution in [0.2, 0.25) is 0 Å². The summed E-state index contributed by atoms with van der Waals surface area (Å²) in [6, 6.07) is 3.79. The molecule has 1 atom stereocenters. The summed E-state index contributed by atoms with van der Waals surface area (Å²) in [5, 5.41) is 14.0. The summed E-state index contributed by atoms with van der Waals surface area (Å²) in [5.74, 6) is 1.03. The highest BCUT2D eigenvalue weighted by Crippen LogP contribution is 2.17. The Labute approximate surface area is 113 Å². The lowest BCUT2D eigenvalue weighted by molar-refractivity contribution is -0.125. The molecule has 0 fully saturated rings. The number of anilines is 1. The molecule has 0 saturated heterocycles. The maximum absolute atomic E-state index is 11.9. The Balaban J connectivity index is 1.65. The predicted molar refractivity (Wildman–Crippen MR) is 74.7 cm³/mol. The number of nitrogens with zero attached hydrogens (tertiary/aromatic N) is 2. The molecular formula is C14H20N4O. The first-order valence-electron chi connectivity index (χ1n) is 6.72. The largest absolute Gasteiger partial charge is 0.367 e. The standard InChI is InChI=1S/C14H20N4O/c1-11-7-8-13(18-17-11)15-9-10-16-14(19)12-5-3-2-4-6-12/h2-3,7-8,12H,4-6,9-10H2,1H3,(H,15,18)(H,16,19)/t12-/m0/s1. The van der Waals surface area contributed by atoms with E-state index in [2.05, 4.69) is 33.0 Å². The molecule has 1 aliphatic rings. The van der Waals surface area contributed by atoms with Crippen molar-refractivity contribution >= 4 is 11.7 Å². The van der Waals surface area contributed by atoms with Crippen molar-refractivity contribution in [3.05, 3.63) is 30.0 Å². The average Bonchev–Trinajstić information content (AvgIpc) is 2.46. The third-order valence-corrected chi connectivity index (χ3v) is 3.17. The van der Waals surface area contributed by atoms with E-state index >= 15 is 0 Å². The van der Waals surface area contributed by atoms with Gasteiger partial charge >= 0.3 is 0 Å².